The van der Waals surface area contributed by atoms with Crippen molar-refractivity contribution in [2.45, 2.75) is 30.9 Å². The molecule has 7 heteroatoms. The highest BCUT2D eigenvalue weighted by molar-refractivity contribution is 7.99. The number of H-pyrrole nitrogens is 1. The fourth-order valence-electron chi connectivity index (χ4n) is 4.60. The molecule has 1 spiro atoms. The third-order valence-corrected chi connectivity index (χ3v) is 6.62. The van der Waals surface area contributed by atoms with E-state index in [4.69, 9.17) is 9.47 Å². The average molecular weight is 424 g/mol. The van der Waals surface area contributed by atoms with Gasteiger partial charge in [-0.25, -0.2) is 4.98 Å². The van der Waals surface area contributed by atoms with Crippen LogP contribution < -0.4 is 10.1 Å². The molecule has 2 N–H and O–H groups in total. The van der Waals surface area contributed by atoms with Crippen LogP contribution in [0.15, 0.2) is 42.7 Å². The van der Waals surface area contributed by atoms with E-state index in [1.807, 2.05) is 36.8 Å². The molecule has 6 nitrogen and oxygen atoms in total. The highest BCUT2D eigenvalue weighted by Crippen LogP contribution is 2.45. The standard InChI is InChI=1S/C23H25N3O3S/c1-30-14-21(27)26-19-13-23(6-10-28-11-7-23)29-20-3-2-15(12-18(19)20)16-4-8-24-22-17(16)5-9-25-22/h2-5,8-9,12,19H,6-7,10-11,13-14H2,1H3,(H,24,25)(H,26,27). The molecule has 3 aromatic rings. The molecule has 1 unspecified atom stereocenters. The quantitative estimate of drug-likeness (QED) is 0.661. The van der Waals surface area contributed by atoms with Gasteiger partial charge in [-0.05, 0) is 41.6 Å². The third kappa shape index (κ3) is 3.56. The van der Waals surface area contributed by atoms with E-state index >= 15 is 0 Å². The van der Waals surface area contributed by atoms with E-state index in [1.54, 1.807) is 0 Å². The fourth-order valence-corrected chi connectivity index (χ4v) is 4.94. The van der Waals surface area contributed by atoms with Gasteiger partial charge in [0, 0.05) is 42.6 Å². The van der Waals surface area contributed by atoms with Crippen molar-refractivity contribution in [3.63, 3.8) is 0 Å². The van der Waals surface area contributed by atoms with E-state index in [0.717, 1.165) is 52.7 Å². The maximum atomic E-state index is 12.5. The zero-order valence-electron chi connectivity index (χ0n) is 16.9. The molecule has 0 bridgehead atoms. The normalized spacial score (nSPS) is 20.0. The second kappa shape index (κ2) is 7.96. The van der Waals surface area contributed by atoms with Crippen LogP contribution in [0.4, 0.5) is 0 Å². The van der Waals surface area contributed by atoms with E-state index in [9.17, 15) is 4.79 Å². The molecule has 5 rings (SSSR count). The topological polar surface area (TPSA) is 76.2 Å². The third-order valence-electron chi connectivity index (χ3n) is 6.07. The Labute approximate surface area is 179 Å². The first-order chi connectivity index (χ1) is 14.7. The fraction of sp³-hybridized carbons (Fsp3) is 0.391. The van der Waals surface area contributed by atoms with Crippen LogP contribution in [0.25, 0.3) is 22.2 Å². The Kier molecular flexibility index (Phi) is 5.16. The van der Waals surface area contributed by atoms with E-state index in [2.05, 4.69) is 27.4 Å². The molecule has 1 saturated heterocycles. The van der Waals surface area contributed by atoms with Gasteiger partial charge in [-0.15, -0.1) is 0 Å². The van der Waals surface area contributed by atoms with Crippen LogP contribution in [0.2, 0.25) is 0 Å². The minimum Gasteiger partial charge on any atom is -0.487 e. The van der Waals surface area contributed by atoms with Gasteiger partial charge in [-0.3, -0.25) is 4.79 Å². The zero-order valence-corrected chi connectivity index (χ0v) is 17.8. The van der Waals surface area contributed by atoms with E-state index in [1.165, 1.54) is 11.8 Å². The zero-order chi connectivity index (χ0) is 20.6. The number of carbonyl (C=O) groups is 1. The Morgan fingerprint density at radius 1 is 1.30 bits per heavy atom. The number of aromatic amines is 1. The molecule has 156 valence electrons. The van der Waals surface area contributed by atoms with Crippen molar-refractivity contribution < 1.29 is 14.3 Å². The van der Waals surface area contributed by atoms with Crippen molar-refractivity contribution >= 4 is 28.7 Å². The first-order valence-electron chi connectivity index (χ1n) is 10.3. The molecule has 30 heavy (non-hydrogen) atoms. The second-order valence-corrected chi connectivity index (χ2v) is 8.87. The van der Waals surface area contributed by atoms with Crippen molar-refractivity contribution in [1.82, 2.24) is 15.3 Å². The summed E-state index contributed by atoms with van der Waals surface area (Å²) in [4.78, 5) is 20.0. The van der Waals surface area contributed by atoms with Crippen LogP contribution >= 0.6 is 11.8 Å². The summed E-state index contributed by atoms with van der Waals surface area (Å²) in [6, 6.07) is 10.3. The number of benzene rings is 1. The number of rotatable bonds is 4. The predicted molar refractivity (Wildman–Crippen MR) is 119 cm³/mol. The number of ether oxygens (including phenoxy) is 2. The lowest BCUT2D eigenvalue weighted by molar-refractivity contribution is -0.120. The summed E-state index contributed by atoms with van der Waals surface area (Å²) in [5, 5.41) is 4.34. The summed E-state index contributed by atoms with van der Waals surface area (Å²) in [7, 11) is 0. The SMILES string of the molecule is CSCC(=O)NC1CC2(CCOCC2)Oc2ccc(-c3ccnc4[nH]ccc34)cc21. The maximum Gasteiger partial charge on any atom is 0.230 e. The highest BCUT2D eigenvalue weighted by Gasteiger charge is 2.42. The number of pyridine rings is 1. The molecule has 2 aliphatic rings. The van der Waals surface area contributed by atoms with Crippen molar-refractivity contribution in [2.75, 3.05) is 25.2 Å². The lowest BCUT2D eigenvalue weighted by Crippen LogP contribution is -2.48. The predicted octanol–water partition coefficient (Wildman–Crippen LogP) is 4.08. The number of carbonyl (C=O) groups excluding carboxylic acids is 1. The van der Waals surface area contributed by atoms with Crippen LogP contribution in [-0.2, 0) is 9.53 Å². The van der Waals surface area contributed by atoms with Crippen molar-refractivity contribution in [2.24, 2.45) is 0 Å². The van der Waals surface area contributed by atoms with Crippen molar-refractivity contribution in [3.8, 4) is 16.9 Å². The number of thioether (sulfide) groups is 1. The van der Waals surface area contributed by atoms with Crippen molar-refractivity contribution in [1.29, 1.82) is 0 Å². The smallest absolute Gasteiger partial charge is 0.230 e. The summed E-state index contributed by atoms with van der Waals surface area (Å²) in [6.07, 6.45) is 8.13. The minimum absolute atomic E-state index is 0.0601. The van der Waals surface area contributed by atoms with Gasteiger partial charge in [0.05, 0.1) is 25.0 Å². The lowest BCUT2D eigenvalue weighted by Gasteiger charge is -2.44. The number of fused-ring (bicyclic) bond motifs is 2. The first-order valence-corrected chi connectivity index (χ1v) is 11.7. The van der Waals surface area contributed by atoms with Crippen LogP contribution in [0.1, 0.15) is 30.9 Å². The first kappa shape index (κ1) is 19.5. The number of nitrogens with one attached hydrogen (secondary N) is 2. The molecule has 0 aliphatic carbocycles. The number of nitrogens with zero attached hydrogens (tertiary/aromatic N) is 1. The van der Waals surface area contributed by atoms with Gasteiger partial charge < -0.3 is 19.8 Å². The Morgan fingerprint density at radius 2 is 2.17 bits per heavy atom. The lowest BCUT2D eigenvalue weighted by atomic mass is 9.81. The van der Waals surface area contributed by atoms with Crippen LogP contribution in [0.3, 0.4) is 0 Å². The number of hydrogen-bond donors (Lipinski definition) is 2. The summed E-state index contributed by atoms with van der Waals surface area (Å²) in [5.74, 6) is 1.38. The van der Waals surface area contributed by atoms with Gasteiger partial charge in [-0.2, -0.15) is 11.8 Å². The van der Waals surface area contributed by atoms with Gasteiger partial charge in [0.2, 0.25) is 5.91 Å². The van der Waals surface area contributed by atoms with Gasteiger partial charge in [-0.1, -0.05) is 6.07 Å². The summed E-state index contributed by atoms with van der Waals surface area (Å²) in [5.41, 5.74) is 3.85. The van der Waals surface area contributed by atoms with Gasteiger partial charge in [0.15, 0.2) is 0 Å². The van der Waals surface area contributed by atoms with Crippen LogP contribution in [0, 0.1) is 0 Å². The maximum absolute atomic E-state index is 12.5. The summed E-state index contributed by atoms with van der Waals surface area (Å²) >= 11 is 1.54. The monoisotopic (exact) mass is 423 g/mol. The van der Waals surface area contributed by atoms with Crippen LogP contribution in [0.5, 0.6) is 5.75 Å². The minimum atomic E-state index is -0.269. The second-order valence-electron chi connectivity index (χ2n) is 8.01. The molecule has 1 amide bonds. The largest absolute Gasteiger partial charge is 0.487 e. The number of aromatic nitrogens is 2. The Hall–Kier alpha value is -2.51. The molecular weight excluding hydrogens is 398 g/mol. The molecule has 0 radical (unpaired) electrons. The molecular formula is C23H25N3O3S. The summed E-state index contributed by atoms with van der Waals surface area (Å²) < 4.78 is 12.1. The van der Waals surface area contributed by atoms with Gasteiger partial charge in [0.25, 0.3) is 0 Å². The molecule has 1 fully saturated rings. The molecule has 4 heterocycles. The van der Waals surface area contributed by atoms with E-state index < -0.39 is 0 Å². The number of amides is 1. The van der Waals surface area contributed by atoms with Crippen molar-refractivity contribution in [3.05, 3.63) is 48.3 Å². The van der Waals surface area contributed by atoms with E-state index in [-0.39, 0.29) is 17.6 Å². The van der Waals surface area contributed by atoms with Crippen LogP contribution in [-0.4, -0.2) is 46.7 Å². The molecule has 1 atom stereocenters. The highest BCUT2D eigenvalue weighted by atomic mass is 32.2. The van der Waals surface area contributed by atoms with E-state index in [0.29, 0.717) is 19.0 Å². The molecule has 2 aromatic heterocycles. The number of hydrogen-bond acceptors (Lipinski definition) is 5. The Morgan fingerprint density at radius 3 is 3.00 bits per heavy atom. The Balaban J connectivity index is 1.55. The van der Waals surface area contributed by atoms with Gasteiger partial charge in [0.1, 0.15) is 17.0 Å². The molecule has 1 aromatic carbocycles. The molecule has 2 aliphatic heterocycles. The summed E-state index contributed by atoms with van der Waals surface area (Å²) in [6.45, 7) is 1.39. The molecule has 0 saturated carbocycles. The Bertz CT molecular complexity index is 1070. The van der Waals surface area contributed by atoms with Gasteiger partial charge >= 0.3 is 0 Å². The average Bonchev–Trinajstić information content (AvgIpc) is 3.23.